The van der Waals surface area contributed by atoms with Crippen LogP contribution in [0.2, 0.25) is 0 Å². The molecule has 0 aliphatic heterocycles. The molecule has 0 aromatic heterocycles. The first-order valence-electron chi connectivity index (χ1n) is 6.04. The Balaban J connectivity index is 2.53. The van der Waals surface area contributed by atoms with Crippen molar-refractivity contribution in [3.8, 4) is 17.2 Å². The van der Waals surface area contributed by atoms with Crippen LogP contribution in [0.4, 0.5) is 0 Å². The van der Waals surface area contributed by atoms with Gasteiger partial charge in [-0.25, -0.2) is 0 Å². The highest BCUT2D eigenvalue weighted by atomic mass is 79.9. The molecule has 0 heterocycles. The molecule has 2 rings (SSSR count). The highest BCUT2D eigenvalue weighted by Crippen LogP contribution is 2.34. The van der Waals surface area contributed by atoms with Gasteiger partial charge in [0.2, 0.25) is 0 Å². The predicted octanol–water partition coefficient (Wildman–Crippen LogP) is 3.40. The number of aromatic hydroxyl groups is 1. The molecule has 0 saturated carbocycles. The van der Waals surface area contributed by atoms with Gasteiger partial charge in [-0.15, -0.1) is 0 Å². The SMILES string of the molecule is COc1ccc(C(=NO)c2cc(OC)cc(Br)c2O)cc1. The summed E-state index contributed by atoms with van der Waals surface area (Å²) in [4.78, 5) is 0. The second-order valence-corrected chi connectivity index (χ2v) is 5.04. The normalized spacial score (nSPS) is 11.3. The molecule has 5 nitrogen and oxygen atoms in total. The Morgan fingerprint density at radius 3 is 2.19 bits per heavy atom. The number of nitrogens with zero attached hydrogens (tertiary/aromatic N) is 1. The lowest BCUT2D eigenvalue weighted by Gasteiger charge is -2.11. The molecule has 0 fully saturated rings. The van der Waals surface area contributed by atoms with Crippen molar-refractivity contribution in [2.45, 2.75) is 0 Å². The van der Waals surface area contributed by atoms with Crippen molar-refractivity contribution in [1.82, 2.24) is 0 Å². The van der Waals surface area contributed by atoms with Gasteiger partial charge < -0.3 is 19.8 Å². The molecule has 2 aromatic carbocycles. The van der Waals surface area contributed by atoms with Crippen molar-refractivity contribution in [1.29, 1.82) is 0 Å². The van der Waals surface area contributed by atoms with Crippen molar-refractivity contribution in [2.24, 2.45) is 5.16 Å². The summed E-state index contributed by atoms with van der Waals surface area (Å²) in [6.07, 6.45) is 0. The average molecular weight is 352 g/mol. The van der Waals surface area contributed by atoms with Gasteiger partial charge in [-0.1, -0.05) is 5.16 Å². The van der Waals surface area contributed by atoms with E-state index in [9.17, 15) is 10.3 Å². The van der Waals surface area contributed by atoms with E-state index < -0.39 is 0 Å². The number of ether oxygens (including phenoxy) is 2. The summed E-state index contributed by atoms with van der Waals surface area (Å²) in [6, 6.07) is 10.2. The number of hydrogen-bond donors (Lipinski definition) is 2. The fraction of sp³-hybridized carbons (Fsp3) is 0.133. The van der Waals surface area contributed by atoms with E-state index in [0.29, 0.717) is 27.1 Å². The molecular formula is C15H14BrNO4. The molecule has 0 bridgehead atoms. The molecule has 0 saturated heterocycles. The number of phenolic OH excluding ortho intramolecular Hbond substituents is 1. The number of methoxy groups -OCH3 is 2. The van der Waals surface area contributed by atoms with Gasteiger partial charge in [-0.3, -0.25) is 0 Å². The third kappa shape index (κ3) is 3.11. The maximum absolute atomic E-state index is 10.2. The van der Waals surface area contributed by atoms with Crippen LogP contribution >= 0.6 is 15.9 Å². The monoisotopic (exact) mass is 351 g/mol. The van der Waals surface area contributed by atoms with Crippen LogP contribution in [-0.4, -0.2) is 30.2 Å². The third-order valence-corrected chi connectivity index (χ3v) is 3.60. The number of halogens is 1. The van der Waals surface area contributed by atoms with E-state index in [-0.39, 0.29) is 11.5 Å². The molecule has 0 unspecified atom stereocenters. The van der Waals surface area contributed by atoms with Crippen LogP contribution in [0.25, 0.3) is 0 Å². The van der Waals surface area contributed by atoms with Gasteiger partial charge in [-0.2, -0.15) is 0 Å². The fourth-order valence-electron chi connectivity index (χ4n) is 1.89. The fourth-order valence-corrected chi connectivity index (χ4v) is 2.33. The molecule has 0 aliphatic rings. The largest absolute Gasteiger partial charge is 0.506 e. The van der Waals surface area contributed by atoms with Crippen molar-refractivity contribution >= 4 is 21.6 Å². The first-order valence-corrected chi connectivity index (χ1v) is 6.83. The minimum absolute atomic E-state index is 0.0283. The molecular weight excluding hydrogens is 338 g/mol. The second-order valence-electron chi connectivity index (χ2n) is 4.18. The van der Waals surface area contributed by atoms with Crippen LogP contribution in [0, 0.1) is 0 Å². The number of hydrogen-bond acceptors (Lipinski definition) is 5. The maximum Gasteiger partial charge on any atom is 0.139 e. The summed E-state index contributed by atoms with van der Waals surface area (Å²) in [5.41, 5.74) is 1.22. The van der Waals surface area contributed by atoms with E-state index in [1.165, 1.54) is 7.11 Å². The highest BCUT2D eigenvalue weighted by Gasteiger charge is 2.16. The molecule has 21 heavy (non-hydrogen) atoms. The van der Waals surface area contributed by atoms with Gasteiger partial charge in [0, 0.05) is 5.56 Å². The Labute approximate surface area is 130 Å². The minimum Gasteiger partial charge on any atom is -0.506 e. The van der Waals surface area contributed by atoms with Gasteiger partial charge in [0.05, 0.1) is 24.3 Å². The average Bonchev–Trinajstić information content (AvgIpc) is 2.52. The number of rotatable bonds is 4. The minimum atomic E-state index is -0.0283. The Bertz CT molecular complexity index is 668. The van der Waals surface area contributed by atoms with Crippen molar-refractivity contribution in [3.63, 3.8) is 0 Å². The lowest BCUT2D eigenvalue weighted by atomic mass is 10.0. The molecule has 110 valence electrons. The molecule has 2 aromatic rings. The molecule has 6 heteroatoms. The standard InChI is InChI=1S/C15H14BrNO4/c1-20-10-5-3-9(4-6-10)14(17-19)12-7-11(21-2)8-13(16)15(12)18/h3-8,18-19H,1-2H3. The predicted molar refractivity (Wildman–Crippen MR) is 82.8 cm³/mol. The maximum atomic E-state index is 10.2. The zero-order chi connectivity index (χ0) is 15.4. The summed E-state index contributed by atoms with van der Waals surface area (Å²) in [6.45, 7) is 0. The van der Waals surface area contributed by atoms with Crippen molar-refractivity contribution in [3.05, 3.63) is 52.0 Å². The lowest BCUT2D eigenvalue weighted by molar-refractivity contribution is 0.319. The molecule has 0 radical (unpaired) electrons. The van der Waals surface area contributed by atoms with Gasteiger partial charge >= 0.3 is 0 Å². The Hall–Kier alpha value is -2.21. The van der Waals surface area contributed by atoms with E-state index in [1.807, 2.05) is 0 Å². The van der Waals surface area contributed by atoms with Crippen LogP contribution in [-0.2, 0) is 0 Å². The summed E-state index contributed by atoms with van der Waals surface area (Å²) < 4.78 is 10.7. The first-order chi connectivity index (χ1) is 10.1. The van der Waals surface area contributed by atoms with E-state index >= 15 is 0 Å². The van der Waals surface area contributed by atoms with Crippen molar-refractivity contribution in [2.75, 3.05) is 14.2 Å². The summed E-state index contributed by atoms with van der Waals surface area (Å²) in [7, 11) is 3.09. The van der Waals surface area contributed by atoms with Gasteiger partial charge in [0.25, 0.3) is 0 Å². The molecule has 0 aliphatic carbocycles. The Kier molecular flexibility index (Phi) is 4.70. The van der Waals surface area contributed by atoms with Crippen LogP contribution < -0.4 is 9.47 Å². The topological polar surface area (TPSA) is 71.3 Å². The molecule has 0 atom stereocenters. The number of benzene rings is 2. The van der Waals surface area contributed by atoms with Crippen LogP contribution in [0.15, 0.2) is 46.0 Å². The lowest BCUT2D eigenvalue weighted by Crippen LogP contribution is -2.05. The third-order valence-electron chi connectivity index (χ3n) is 2.99. The Morgan fingerprint density at radius 2 is 1.67 bits per heavy atom. The summed E-state index contributed by atoms with van der Waals surface area (Å²) >= 11 is 3.24. The number of oxime groups is 1. The Morgan fingerprint density at radius 1 is 1.05 bits per heavy atom. The van der Waals surface area contributed by atoms with Gasteiger partial charge in [0.15, 0.2) is 0 Å². The highest BCUT2D eigenvalue weighted by molar-refractivity contribution is 9.10. The van der Waals surface area contributed by atoms with E-state index in [1.54, 1.807) is 43.5 Å². The summed E-state index contributed by atoms with van der Waals surface area (Å²) in [5.74, 6) is 1.19. The zero-order valence-electron chi connectivity index (χ0n) is 11.5. The van der Waals surface area contributed by atoms with Crippen LogP contribution in [0.3, 0.4) is 0 Å². The molecule has 0 amide bonds. The van der Waals surface area contributed by atoms with E-state index in [2.05, 4.69) is 21.1 Å². The smallest absolute Gasteiger partial charge is 0.139 e. The van der Waals surface area contributed by atoms with Gasteiger partial charge in [0.1, 0.15) is 23.0 Å². The summed E-state index contributed by atoms with van der Waals surface area (Å²) in [5, 5.41) is 22.8. The molecule has 0 spiro atoms. The zero-order valence-corrected chi connectivity index (χ0v) is 13.1. The molecule has 2 N–H and O–H groups in total. The van der Waals surface area contributed by atoms with Gasteiger partial charge in [-0.05, 0) is 52.3 Å². The quantitative estimate of drug-likeness (QED) is 0.503. The van der Waals surface area contributed by atoms with E-state index in [4.69, 9.17) is 9.47 Å². The van der Waals surface area contributed by atoms with Crippen LogP contribution in [0.1, 0.15) is 11.1 Å². The second kappa shape index (κ2) is 6.49. The van der Waals surface area contributed by atoms with E-state index in [0.717, 1.165) is 0 Å². The van der Waals surface area contributed by atoms with Crippen molar-refractivity contribution < 1.29 is 19.8 Å². The van der Waals surface area contributed by atoms with Crippen LogP contribution in [0.5, 0.6) is 17.2 Å². The number of phenols is 1. The first kappa shape index (κ1) is 15.2.